The summed E-state index contributed by atoms with van der Waals surface area (Å²) < 4.78 is 4.67. The van der Waals surface area contributed by atoms with E-state index in [1.165, 1.54) is 43.8 Å². The molecule has 74 heavy (non-hydrogen) atoms. The molecule has 0 aliphatic carbocycles. The van der Waals surface area contributed by atoms with Crippen LogP contribution in [0.2, 0.25) is 0 Å². The highest BCUT2D eigenvalue weighted by atomic mass is 15.0. The number of rotatable bonds is 6. The third-order valence-corrected chi connectivity index (χ3v) is 14.9. The van der Waals surface area contributed by atoms with E-state index in [2.05, 4.69) is 207 Å². The Morgan fingerprint density at radius 2 is 0.743 bits per heavy atom. The summed E-state index contributed by atoms with van der Waals surface area (Å²) in [6, 6.07) is 63.3. The second kappa shape index (κ2) is 17.5. The first-order chi connectivity index (χ1) is 35.2. The maximum Gasteiger partial charge on any atom is 0.164 e. The lowest BCUT2D eigenvalue weighted by atomic mass is 9.85. The number of fused-ring (bicyclic) bond motifs is 6. The molecule has 0 N–H and O–H groups in total. The van der Waals surface area contributed by atoms with Gasteiger partial charge in [-0.05, 0) is 116 Å². The Morgan fingerprint density at radius 3 is 1.14 bits per heavy atom. The quantitative estimate of drug-likeness (QED) is 0.166. The lowest BCUT2D eigenvalue weighted by molar-refractivity contribution is 0.590. The van der Waals surface area contributed by atoms with Gasteiger partial charge in [0.2, 0.25) is 0 Å². The van der Waals surface area contributed by atoms with Gasteiger partial charge >= 0.3 is 0 Å². The van der Waals surface area contributed by atoms with Crippen LogP contribution in [-0.4, -0.2) is 24.1 Å². The van der Waals surface area contributed by atoms with E-state index in [0.29, 0.717) is 23.0 Å². The third-order valence-electron chi connectivity index (χ3n) is 14.9. The van der Waals surface area contributed by atoms with Crippen LogP contribution in [-0.2, 0) is 21.7 Å². The summed E-state index contributed by atoms with van der Waals surface area (Å²) in [5.41, 5.74) is 15.7. The van der Waals surface area contributed by atoms with E-state index in [9.17, 15) is 5.26 Å². The van der Waals surface area contributed by atoms with Crippen LogP contribution < -0.4 is 0 Å². The summed E-state index contributed by atoms with van der Waals surface area (Å²) in [7, 11) is 0. The second-order valence-electron chi connectivity index (χ2n) is 24.2. The van der Waals surface area contributed by atoms with Crippen molar-refractivity contribution in [1.82, 2.24) is 24.1 Å². The van der Waals surface area contributed by atoms with Crippen molar-refractivity contribution in [2.75, 3.05) is 0 Å². The number of hydrogen-bond acceptors (Lipinski definition) is 4. The van der Waals surface area contributed by atoms with E-state index < -0.39 is 0 Å². The van der Waals surface area contributed by atoms with Crippen molar-refractivity contribution in [1.29, 1.82) is 5.26 Å². The standard InChI is InChI=1S/C68H64N6/c1-65(2,3)44-26-32-58-51(36-44)52-37-45(66(4,5)6)27-33-59(52)73(58)48-30-31-50(55(40-48)64-71-62(42-20-15-13-16-21-42)70-63(72-64)43-22-17-14-18-23-43)49-24-19-25-57(56(49)41-69)74-60-34-28-46(67(7,8)9)38-53(60)54-39-47(68(10,11)12)29-35-61(54)74/h13-40H,1-12H3. The molecule has 3 aromatic heterocycles. The van der Waals surface area contributed by atoms with E-state index in [4.69, 9.17) is 15.0 Å². The number of nitrogens with zero attached hydrogens (tertiary/aromatic N) is 6. The van der Waals surface area contributed by atoms with Crippen LogP contribution in [0, 0.1) is 11.3 Å². The average Bonchev–Trinajstić information content (AvgIpc) is 3.90. The van der Waals surface area contributed by atoms with Gasteiger partial charge in [-0.3, -0.25) is 0 Å². The molecule has 0 unspecified atom stereocenters. The summed E-state index contributed by atoms with van der Waals surface area (Å²) in [4.78, 5) is 15.8. The van der Waals surface area contributed by atoms with Gasteiger partial charge in [0.15, 0.2) is 17.5 Å². The third kappa shape index (κ3) is 8.44. The Hall–Kier alpha value is -8.14. The molecule has 0 saturated heterocycles. The van der Waals surface area contributed by atoms with Gasteiger partial charge in [0.1, 0.15) is 6.07 Å². The largest absolute Gasteiger partial charge is 0.309 e. The Bertz CT molecular complexity index is 3840. The van der Waals surface area contributed by atoms with E-state index >= 15 is 0 Å². The van der Waals surface area contributed by atoms with Gasteiger partial charge in [0, 0.05) is 49.5 Å². The van der Waals surface area contributed by atoms with Crippen LogP contribution in [0.5, 0.6) is 0 Å². The van der Waals surface area contributed by atoms with Crippen LogP contribution in [0.1, 0.15) is 111 Å². The van der Waals surface area contributed by atoms with E-state index in [0.717, 1.165) is 61.3 Å². The summed E-state index contributed by atoms with van der Waals surface area (Å²) in [5, 5.41) is 16.4. The summed E-state index contributed by atoms with van der Waals surface area (Å²) >= 11 is 0. The van der Waals surface area contributed by atoms with Crippen LogP contribution >= 0.6 is 0 Å². The number of nitriles is 1. The zero-order valence-electron chi connectivity index (χ0n) is 44.8. The van der Waals surface area contributed by atoms with Crippen LogP contribution in [0.3, 0.4) is 0 Å². The minimum atomic E-state index is -0.0513. The molecule has 3 heterocycles. The lowest BCUT2D eigenvalue weighted by Crippen LogP contribution is -2.10. The summed E-state index contributed by atoms with van der Waals surface area (Å²) in [5.74, 6) is 1.64. The molecular weight excluding hydrogens is 901 g/mol. The van der Waals surface area contributed by atoms with Gasteiger partial charge in [-0.25, -0.2) is 15.0 Å². The molecule has 8 aromatic carbocycles. The van der Waals surface area contributed by atoms with Gasteiger partial charge in [-0.2, -0.15) is 5.26 Å². The maximum absolute atomic E-state index is 11.6. The first-order valence-corrected chi connectivity index (χ1v) is 25.9. The fourth-order valence-electron chi connectivity index (χ4n) is 10.5. The summed E-state index contributed by atoms with van der Waals surface area (Å²) in [6.45, 7) is 27.2. The van der Waals surface area contributed by atoms with E-state index in [-0.39, 0.29) is 21.7 Å². The monoisotopic (exact) mass is 965 g/mol. The molecule has 0 fully saturated rings. The Kier molecular flexibility index (Phi) is 11.4. The van der Waals surface area contributed by atoms with Crippen molar-refractivity contribution < 1.29 is 0 Å². The molecular formula is C68H64N6. The fraction of sp³-hybridized carbons (Fsp3) is 0.235. The number of benzene rings is 8. The van der Waals surface area contributed by atoms with E-state index in [1.807, 2.05) is 60.7 Å². The van der Waals surface area contributed by atoms with Crippen molar-refractivity contribution in [3.63, 3.8) is 0 Å². The first kappa shape index (κ1) is 48.1. The number of hydrogen-bond donors (Lipinski definition) is 0. The highest BCUT2D eigenvalue weighted by Gasteiger charge is 2.27. The van der Waals surface area contributed by atoms with Gasteiger partial charge in [-0.15, -0.1) is 0 Å². The van der Waals surface area contributed by atoms with Gasteiger partial charge in [0.05, 0.1) is 33.3 Å². The van der Waals surface area contributed by atoms with Crippen molar-refractivity contribution in [3.05, 3.63) is 198 Å². The van der Waals surface area contributed by atoms with Gasteiger partial charge < -0.3 is 9.13 Å². The Morgan fingerprint density at radius 1 is 0.351 bits per heavy atom. The molecule has 11 rings (SSSR count). The normalized spacial score (nSPS) is 12.6. The predicted molar refractivity (Wildman–Crippen MR) is 310 cm³/mol. The first-order valence-electron chi connectivity index (χ1n) is 25.9. The molecule has 11 aromatic rings. The zero-order chi connectivity index (χ0) is 52.1. The molecule has 366 valence electrons. The van der Waals surface area contributed by atoms with Gasteiger partial charge in [-0.1, -0.05) is 186 Å². The Labute approximate surface area is 436 Å². The lowest BCUT2D eigenvalue weighted by Gasteiger charge is -2.20. The molecule has 0 aliphatic heterocycles. The molecule has 6 heteroatoms. The maximum atomic E-state index is 11.6. The molecule has 0 spiro atoms. The van der Waals surface area contributed by atoms with Crippen molar-refractivity contribution >= 4 is 43.6 Å². The highest BCUT2D eigenvalue weighted by molar-refractivity contribution is 6.11. The second-order valence-corrected chi connectivity index (χ2v) is 24.2. The average molecular weight is 965 g/mol. The topological polar surface area (TPSA) is 72.3 Å². The van der Waals surface area contributed by atoms with Crippen LogP contribution in [0.15, 0.2) is 170 Å². The molecule has 6 nitrogen and oxygen atoms in total. The number of aromatic nitrogens is 5. The molecule has 0 bridgehead atoms. The predicted octanol–water partition coefficient (Wildman–Crippen LogP) is 17.8. The van der Waals surface area contributed by atoms with E-state index in [1.54, 1.807) is 0 Å². The smallest absolute Gasteiger partial charge is 0.164 e. The van der Waals surface area contributed by atoms with Crippen molar-refractivity contribution in [2.24, 2.45) is 0 Å². The Balaban J connectivity index is 1.22. The molecule has 0 aliphatic rings. The van der Waals surface area contributed by atoms with Crippen molar-refractivity contribution in [2.45, 2.75) is 105 Å². The van der Waals surface area contributed by atoms with Gasteiger partial charge in [0.25, 0.3) is 0 Å². The van der Waals surface area contributed by atoms with Crippen LogP contribution in [0.25, 0.3) is 100 Å². The minimum absolute atomic E-state index is 0.0401. The van der Waals surface area contributed by atoms with Crippen molar-refractivity contribution in [3.8, 4) is 62.7 Å². The molecule has 0 saturated carbocycles. The van der Waals surface area contributed by atoms with Crippen LogP contribution in [0.4, 0.5) is 0 Å². The SMILES string of the molecule is CC(C)(C)c1ccc2c(c1)c1cc(C(C)(C)C)ccc1n2-c1ccc(-c2cccc(-n3c4ccc(C(C)(C)C)cc4c4cc(C(C)(C)C)ccc43)c2C#N)c(-c2nc(-c3ccccc3)nc(-c3ccccc3)n2)c1. The fourth-order valence-corrected chi connectivity index (χ4v) is 10.5. The minimum Gasteiger partial charge on any atom is -0.309 e. The molecule has 0 radical (unpaired) electrons. The zero-order valence-corrected chi connectivity index (χ0v) is 44.8. The molecule has 0 atom stereocenters. The summed E-state index contributed by atoms with van der Waals surface area (Å²) in [6.07, 6.45) is 0. The highest BCUT2D eigenvalue weighted by Crippen LogP contribution is 2.44. The molecule has 0 amide bonds.